The zero-order valence-electron chi connectivity index (χ0n) is 14.1. The van der Waals surface area contributed by atoms with Gasteiger partial charge in [-0.15, -0.1) is 0 Å². The number of aromatic nitrogens is 3. The van der Waals surface area contributed by atoms with Crippen LogP contribution in [0.1, 0.15) is 55.3 Å². The van der Waals surface area contributed by atoms with Gasteiger partial charge in [0.15, 0.2) is 0 Å². The number of fused-ring (bicyclic) bond motifs is 1. The largest absolute Gasteiger partial charge is 0.460 e. The van der Waals surface area contributed by atoms with Crippen LogP contribution < -0.4 is 5.32 Å². The molecule has 24 heavy (non-hydrogen) atoms. The Hall–Kier alpha value is -2.44. The molecule has 0 aliphatic heterocycles. The molecule has 128 valence electrons. The molecule has 3 rings (SSSR count). The fourth-order valence-corrected chi connectivity index (χ4v) is 2.88. The van der Waals surface area contributed by atoms with Crippen LogP contribution in [0.5, 0.6) is 0 Å². The van der Waals surface area contributed by atoms with Crippen molar-refractivity contribution in [1.29, 1.82) is 0 Å². The van der Waals surface area contributed by atoms with Crippen molar-refractivity contribution in [2.45, 2.75) is 46.0 Å². The van der Waals surface area contributed by atoms with Gasteiger partial charge in [-0.05, 0) is 46.0 Å². The first kappa shape index (κ1) is 16.4. The maximum Gasteiger partial charge on any atom is 0.376 e. The van der Waals surface area contributed by atoms with E-state index in [0.29, 0.717) is 22.6 Å². The number of carbonyl (C=O) groups is 1. The van der Waals surface area contributed by atoms with Crippen LogP contribution in [-0.2, 0) is 4.74 Å². The summed E-state index contributed by atoms with van der Waals surface area (Å²) in [7, 11) is 0. The van der Waals surface area contributed by atoms with Gasteiger partial charge in [-0.3, -0.25) is 0 Å². The van der Waals surface area contributed by atoms with E-state index in [1.165, 1.54) is 31.3 Å². The minimum Gasteiger partial charge on any atom is -0.460 e. The Kier molecular flexibility index (Phi) is 5.08. The van der Waals surface area contributed by atoms with Gasteiger partial charge in [-0.1, -0.05) is 16.8 Å². The van der Waals surface area contributed by atoms with Crippen LogP contribution >= 0.6 is 0 Å². The Morgan fingerprint density at radius 3 is 3.00 bits per heavy atom. The summed E-state index contributed by atoms with van der Waals surface area (Å²) in [5.41, 5.74) is 2.47. The number of hydrogen-bond donors (Lipinski definition) is 1. The fraction of sp³-hybridized carbons (Fsp3) is 0.529. The van der Waals surface area contributed by atoms with E-state index in [0.717, 1.165) is 13.0 Å². The van der Waals surface area contributed by atoms with Crippen LogP contribution in [0.4, 0.5) is 5.82 Å². The zero-order valence-corrected chi connectivity index (χ0v) is 14.1. The quantitative estimate of drug-likeness (QED) is 0.641. The molecule has 7 heteroatoms. The van der Waals surface area contributed by atoms with Crippen molar-refractivity contribution >= 4 is 22.9 Å². The summed E-state index contributed by atoms with van der Waals surface area (Å²) in [6, 6.07) is 0. The molecular formula is C17H22N4O3. The minimum absolute atomic E-state index is 0.0140. The van der Waals surface area contributed by atoms with Crippen molar-refractivity contribution in [3.63, 3.8) is 0 Å². The van der Waals surface area contributed by atoms with E-state index >= 15 is 0 Å². The molecule has 0 amide bonds. The Bertz CT molecular complexity index is 767. The number of nitrogens with one attached hydrogen (secondary N) is 1. The van der Waals surface area contributed by atoms with Crippen LogP contribution in [0.2, 0.25) is 0 Å². The van der Waals surface area contributed by atoms with E-state index < -0.39 is 5.97 Å². The number of allylic oxidation sites excluding steroid dienone is 1. The SMILES string of the molecule is CCOC(=O)c1nc(NCCC2=CCCCC2)c2c(C)noc2n1. The van der Waals surface area contributed by atoms with Gasteiger partial charge < -0.3 is 14.6 Å². The van der Waals surface area contributed by atoms with Crippen molar-refractivity contribution < 1.29 is 14.1 Å². The second-order valence-electron chi connectivity index (χ2n) is 5.85. The highest BCUT2D eigenvalue weighted by molar-refractivity contribution is 5.93. The normalized spacial score (nSPS) is 14.5. The maximum absolute atomic E-state index is 11.9. The van der Waals surface area contributed by atoms with Crippen molar-refractivity contribution in [2.24, 2.45) is 0 Å². The molecule has 1 aliphatic carbocycles. The maximum atomic E-state index is 11.9. The van der Waals surface area contributed by atoms with Gasteiger partial charge in [0.25, 0.3) is 5.71 Å². The molecule has 0 atom stereocenters. The molecule has 2 aromatic heterocycles. The molecule has 1 aliphatic rings. The molecule has 7 nitrogen and oxygen atoms in total. The van der Waals surface area contributed by atoms with Gasteiger partial charge in [-0.25, -0.2) is 9.78 Å². The number of ether oxygens (including phenoxy) is 1. The molecule has 0 saturated heterocycles. The highest BCUT2D eigenvalue weighted by Gasteiger charge is 2.19. The van der Waals surface area contributed by atoms with Crippen LogP contribution in [0.15, 0.2) is 16.2 Å². The summed E-state index contributed by atoms with van der Waals surface area (Å²) in [6.07, 6.45) is 8.18. The van der Waals surface area contributed by atoms with Crippen molar-refractivity contribution in [2.75, 3.05) is 18.5 Å². The van der Waals surface area contributed by atoms with Gasteiger partial charge >= 0.3 is 5.97 Å². The van der Waals surface area contributed by atoms with Crippen LogP contribution in [-0.4, -0.2) is 34.2 Å². The number of hydrogen-bond acceptors (Lipinski definition) is 7. The lowest BCUT2D eigenvalue weighted by Gasteiger charge is -2.13. The van der Waals surface area contributed by atoms with E-state index in [1.807, 2.05) is 6.92 Å². The molecule has 0 aromatic carbocycles. The first-order valence-electron chi connectivity index (χ1n) is 8.42. The summed E-state index contributed by atoms with van der Waals surface area (Å²) in [4.78, 5) is 20.3. The predicted molar refractivity (Wildman–Crippen MR) is 90.0 cm³/mol. The third-order valence-corrected chi connectivity index (χ3v) is 4.09. The number of esters is 1. The first-order chi connectivity index (χ1) is 11.7. The molecule has 1 N–H and O–H groups in total. The van der Waals surface area contributed by atoms with Crippen molar-refractivity contribution in [3.05, 3.63) is 23.2 Å². The number of carbonyl (C=O) groups excluding carboxylic acids is 1. The Labute approximate surface area is 140 Å². The van der Waals surface area contributed by atoms with Crippen LogP contribution in [0, 0.1) is 6.92 Å². The topological polar surface area (TPSA) is 90.1 Å². The monoisotopic (exact) mass is 330 g/mol. The van der Waals surface area contributed by atoms with E-state index in [1.54, 1.807) is 6.92 Å². The summed E-state index contributed by atoms with van der Waals surface area (Å²) in [5, 5.41) is 7.93. The Morgan fingerprint density at radius 2 is 2.25 bits per heavy atom. The van der Waals surface area contributed by atoms with E-state index in [-0.39, 0.29) is 12.4 Å². The lowest BCUT2D eigenvalue weighted by atomic mass is 9.97. The van der Waals surface area contributed by atoms with E-state index in [9.17, 15) is 4.79 Å². The van der Waals surface area contributed by atoms with Gasteiger partial charge in [-0.2, -0.15) is 4.98 Å². The van der Waals surface area contributed by atoms with Crippen molar-refractivity contribution in [1.82, 2.24) is 15.1 Å². The summed E-state index contributed by atoms with van der Waals surface area (Å²) < 4.78 is 10.2. The molecule has 0 spiro atoms. The standard InChI is InChI=1S/C17H22N4O3/c1-3-23-17(22)15-19-14(13-11(2)21-24-16(13)20-15)18-10-9-12-7-5-4-6-8-12/h7H,3-6,8-10H2,1-2H3,(H,18,19,20). The Morgan fingerprint density at radius 1 is 1.38 bits per heavy atom. The summed E-state index contributed by atoms with van der Waals surface area (Å²) in [6.45, 7) is 4.58. The van der Waals surface area contributed by atoms with E-state index in [2.05, 4.69) is 26.5 Å². The lowest BCUT2D eigenvalue weighted by Crippen LogP contribution is -2.13. The molecule has 0 unspecified atom stereocenters. The second kappa shape index (κ2) is 7.42. The zero-order chi connectivity index (χ0) is 16.9. The second-order valence-corrected chi connectivity index (χ2v) is 5.85. The molecule has 0 bridgehead atoms. The minimum atomic E-state index is -0.563. The highest BCUT2D eigenvalue weighted by atomic mass is 16.5. The number of rotatable bonds is 6. The third kappa shape index (κ3) is 3.55. The predicted octanol–water partition coefficient (Wildman–Crippen LogP) is 3.41. The fourth-order valence-electron chi connectivity index (χ4n) is 2.88. The number of anilines is 1. The average Bonchev–Trinajstić information content (AvgIpc) is 2.97. The average molecular weight is 330 g/mol. The van der Waals surface area contributed by atoms with E-state index in [4.69, 9.17) is 9.26 Å². The van der Waals surface area contributed by atoms with Gasteiger partial charge in [0.05, 0.1) is 12.3 Å². The third-order valence-electron chi connectivity index (χ3n) is 4.09. The molecule has 2 heterocycles. The van der Waals surface area contributed by atoms with Gasteiger partial charge in [0, 0.05) is 6.54 Å². The smallest absolute Gasteiger partial charge is 0.376 e. The first-order valence-corrected chi connectivity index (χ1v) is 8.42. The summed E-state index contributed by atoms with van der Waals surface area (Å²) in [5.74, 6) is -0.00964. The summed E-state index contributed by atoms with van der Waals surface area (Å²) >= 11 is 0. The molecule has 0 radical (unpaired) electrons. The van der Waals surface area contributed by atoms with Gasteiger partial charge in [0.2, 0.25) is 5.82 Å². The van der Waals surface area contributed by atoms with Crippen molar-refractivity contribution in [3.8, 4) is 0 Å². The molecule has 2 aromatic rings. The van der Waals surface area contributed by atoms with Crippen LogP contribution in [0.25, 0.3) is 11.1 Å². The Balaban J connectivity index is 1.80. The van der Waals surface area contributed by atoms with Crippen LogP contribution in [0.3, 0.4) is 0 Å². The highest BCUT2D eigenvalue weighted by Crippen LogP contribution is 2.25. The number of nitrogens with zero attached hydrogens (tertiary/aromatic N) is 3. The molecule has 0 fully saturated rings. The molecule has 0 saturated carbocycles. The molecular weight excluding hydrogens is 308 g/mol. The lowest BCUT2D eigenvalue weighted by molar-refractivity contribution is 0.0512. The van der Waals surface area contributed by atoms with Gasteiger partial charge in [0.1, 0.15) is 11.2 Å². The number of aryl methyl sites for hydroxylation is 1.